The second-order valence-corrected chi connectivity index (χ2v) is 4.64. The summed E-state index contributed by atoms with van der Waals surface area (Å²) in [5, 5.41) is 9.91. The second kappa shape index (κ2) is 6.32. The molecule has 0 saturated carbocycles. The van der Waals surface area contributed by atoms with Crippen molar-refractivity contribution in [1.29, 1.82) is 0 Å². The lowest BCUT2D eigenvalue weighted by atomic mass is 9.79. The largest absolute Gasteiger partial charge is 0.491 e. The first-order valence-corrected chi connectivity index (χ1v) is 6.45. The van der Waals surface area contributed by atoms with E-state index in [-0.39, 0.29) is 0 Å². The van der Waals surface area contributed by atoms with Crippen LogP contribution in [0.4, 0.5) is 4.39 Å². The number of hydrogen-bond donors (Lipinski definition) is 1. The summed E-state index contributed by atoms with van der Waals surface area (Å²) in [6.45, 7) is 4.09. The zero-order valence-corrected chi connectivity index (χ0v) is 10.6. The van der Waals surface area contributed by atoms with Gasteiger partial charge in [-0.3, -0.25) is 0 Å². The molecule has 18 heavy (non-hydrogen) atoms. The lowest BCUT2D eigenvalue weighted by molar-refractivity contribution is 0.0147. The summed E-state index contributed by atoms with van der Waals surface area (Å²) in [6.07, 6.45) is -0.918. The van der Waals surface area contributed by atoms with Crippen LogP contribution in [0.5, 0.6) is 0 Å². The van der Waals surface area contributed by atoms with Crippen molar-refractivity contribution in [2.24, 2.45) is 0 Å². The summed E-state index contributed by atoms with van der Waals surface area (Å²) < 4.78 is 19.3. The zero-order valence-electron chi connectivity index (χ0n) is 10.6. The van der Waals surface area contributed by atoms with Crippen molar-refractivity contribution >= 4 is 12.6 Å². The van der Waals surface area contributed by atoms with Crippen LogP contribution in [-0.2, 0) is 4.65 Å². The van der Waals surface area contributed by atoms with Crippen LogP contribution < -0.4 is 5.46 Å². The number of nitrogens with zero attached hydrogens (tertiary/aromatic N) is 1. The van der Waals surface area contributed by atoms with E-state index in [1.807, 2.05) is 25.1 Å². The van der Waals surface area contributed by atoms with Crippen LogP contribution in [0, 0.1) is 0 Å². The van der Waals surface area contributed by atoms with Gasteiger partial charge >= 0.3 is 7.12 Å². The van der Waals surface area contributed by atoms with Crippen molar-refractivity contribution in [3.63, 3.8) is 0 Å². The summed E-state index contributed by atoms with van der Waals surface area (Å²) in [6, 6.07) is 9.08. The summed E-state index contributed by atoms with van der Waals surface area (Å²) in [7, 11) is -1.04. The minimum atomic E-state index is -1.04. The molecule has 1 aromatic rings. The minimum absolute atomic E-state index is 0.392. The molecule has 0 spiro atoms. The Hall–Kier alpha value is -0.905. The molecule has 0 amide bonds. The number of halogens is 1. The third-order valence-corrected chi connectivity index (χ3v) is 3.40. The first-order chi connectivity index (χ1) is 8.70. The van der Waals surface area contributed by atoms with Gasteiger partial charge in [0.2, 0.25) is 0 Å². The summed E-state index contributed by atoms with van der Waals surface area (Å²) in [4.78, 5) is 2.05. The van der Waals surface area contributed by atoms with Crippen molar-refractivity contribution < 1.29 is 14.1 Å². The van der Waals surface area contributed by atoms with Gasteiger partial charge in [-0.05, 0) is 18.4 Å². The van der Waals surface area contributed by atoms with E-state index in [1.54, 1.807) is 12.1 Å². The molecule has 1 aromatic carbocycles. The monoisotopic (exact) mass is 251 g/mol. The Bertz CT molecular complexity index is 365. The van der Waals surface area contributed by atoms with Crippen molar-refractivity contribution in [1.82, 2.24) is 4.90 Å². The Morgan fingerprint density at radius 1 is 1.44 bits per heavy atom. The van der Waals surface area contributed by atoms with Crippen LogP contribution in [0.3, 0.4) is 0 Å². The van der Waals surface area contributed by atoms with Gasteiger partial charge in [0.15, 0.2) is 0 Å². The summed E-state index contributed by atoms with van der Waals surface area (Å²) >= 11 is 0. The number of benzene rings is 1. The van der Waals surface area contributed by atoms with Gasteiger partial charge in [0.25, 0.3) is 0 Å². The molecule has 1 saturated heterocycles. The molecule has 0 aliphatic carbocycles. The number of alkyl halides is 1. The summed E-state index contributed by atoms with van der Waals surface area (Å²) in [5.74, 6) is 0. The smallest absolute Gasteiger partial charge is 0.423 e. The minimum Gasteiger partial charge on any atom is -0.423 e. The van der Waals surface area contributed by atoms with Gasteiger partial charge in [0.05, 0.1) is 6.10 Å². The maximum absolute atomic E-state index is 13.9. The first-order valence-electron chi connectivity index (χ1n) is 6.45. The molecule has 0 aromatic heterocycles. The van der Waals surface area contributed by atoms with E-state index in [4.69, 9.17) is 4.65 Å². The molecule has 1 aliphatic rings. The molecular weight excluding hydrogens is 232 g/mol. The van der Waals surface area contributed by atoms with Crippen molar-refractivity contribution in [2.45, 2.75) is 25.6 Å². The molecule has 2 unspecified atom stereocenters. The molecule has 0 radical (unpaired) electrons. The van der Waals surface area contributed by atoms with E-state index >= 15 is 0 Å². The van der Waals surface area contributed by atoms with Gasteiger partial charge in [0.1, 0.15) is 6.17 Å². The topological polar surface area (TPSA) is 32.7 Å². The highest BCUT2D eigenvalue weighted by molar-refractivity contribution is 6.60. The Balaban J connectivity index is 1.90. The van der Waals surface area contributed by atoms with E-state index < -0.39 is 19.4 Å². The van der Waals surface area contributed by atoms with Gasteiger partial charge < -0.3 is 14.6 Å². The Morgan fingerprint density at radius 3 is 2.78 bits per heavy atom. The van der Waals surface area contributed by atoms with E-state index in [1.165, 1.54) is 0 Å². The molecule has 1 fully saturated rings. The van der Waals surface area contributed by atoms with Gasteiger partial charge in [-0.15, -0.1) is 0 Å². The van der Waals surface area contributed by atoms with Gasteiger partial charge in [0, 0.05) is 13.1 Å². The molecule has 1 heterocycles. The number of piperidine rings is 1. The highest BCUT2D eigenvalue weighted by Crippen LogP contribution is 2.17. The maximum atomic E-state index is 13.9. The Kier molecular flexibility index (Phi) is 4.75. The highest BCUT2D eigenvalue weighted by atomic mass is 19.1. The van der Waals surface area contributed by atoms with Gasteiger partial charge in [-0.25, -0.2) is 4.39 Å². The van der Waals surface area contributed by atoms with E-state index in [2.05, 4.69) is 4.90 Å². The predicted octanol–water partition coefficient (Wildman–Crippen LogP) is 0.823. The van der Waals surface area contributed by atoms with Crippen molar-refractivity contribution in [3.05, 3.63) is 30.3 Å². The third kappa shape index (κ3) is 3.31. The standard InChI is InChI=1S/C13H19BFNO2/c1-2-16-9-8-13(12(15)10-16)18-14(17)11-6-4-3-5-7-11/h3-7,12-13,17H,2,8-10H2,1H3. The average molecular weight is 251 g/mol. The normalized spacial score (nSPS) is 25.1. The van der Waals surface area contributed by atoms with Crippen LogP contribution >= 0.6 is 0 Å². The average Bonchev–Trinajstić information content (AvgIpc) is 2.42. The van der Waals surface area contributed by atoms with Crippen LogP contribution in [0.15, 0.2) is 30.3 Å². The second-order valence-electron chi connectivity index (χ2n) is 4.64. The van der Waals surface area contributed by atoms with Crippen LogP contribution in [0.1, 0.15) is 13.3 Å². The van der Waals surface area contributed by atoms with E-state index in [0.29, 0.717) is 18.4 Å². The molecule has 2 rings (SSSR count). The zero-order chi connectivity index (χ0) is 13.0. The maximum Gasteiger partial charge on any atom is 0.491 e. The SMILES string of the molecule is CCN1CCC(OB(O)c2ccccc2)C(F)C1. The predicted molar refractivity (Wildman–Crippen MR) is 70.5 cm³/mol. The fourth-order valence-electron chi connectivity index (χ4n) is 2.25. The fraction of sp³-hybridized carbons (Fsp3) is 0.538. The van der Waals surface area contributed by atoms with Crippen molar-refractivity contribution in [2.75, 3.05) is 19.6 Å². The van der Waals surface area contributed by atoms with Crippen LogP contribution in [-0.4, -0.2) is 49.0 Å². The van der Waals surface area contributed by atoms with Gasteiger partial charge in [-0.1, -0.05) is 37.3 Å². The third-order valence-electron chi connectivity index (χ3n) is 3.40. The lowest BCUT2D eigenvalue weighted by Crippen LogP contribution is -2.49. The summed E-state index contributed by atoms with van der Waals surface area (Å²) in [5.41, 5.74) is 0.669. The van der Waals surface area contributed by atoms with Gasteiger partial charge in [-0.2, -0.15) is 0 Å². The molecule has 0 bridgehead atoms. The lowest BCUT2D eigenvalue weighted by Gasteiger charge is -2.34. The van der Waals surface area contributed by atoms with Crippen LogP contribution in [0.2, 0.25) is 0 Å². The number of likely N-dealkylation sites (tertiary alicyclic amines) is 1. The molecule has 5 heteroatoms. The first kappa shape index (κ1) is 13.5. The Labute approximate surface area is 108 Å². The number of hydrogen-bond acceptors (Lipinski definition) is 3. The van der Waals surface area contributed by atoms with Crippen LogP contribution in [0.25, 0.3) is 0 Å². The molecular formula is C13H19BFNO2. The quantitative estimate of drug-likeness (QED) is 0.804. The van der Waals surface area contributed by atoms with E-state index in [9.17, 15) is 9.41 Å². The molecule has 3 nitrogen and oxygen atoms in total. The number of rotatable bonds is 4. The Morgan fingerprint density at radius 2 is 2.17 bits per heavy atom. The molecule has 1 aliphatic heterocycles. The van der Waals surface area contributed by atoms with E-state index in [0.717, 1.165) is 13.1 Å². The van der Waals surface area contributed by atoms with Crippen molar-refractivity contribution in [3.8, 4) is 0 Å². The molecule has 2 atom stereocenters. The molecule has 1 N–H and O–H groups in total. The fourth-order valence-corrected chi connectivity index (χ4v) is 2.25. The highest BCUT2D eigenvalue weighted by Gasteiger charge is 2.32. The molecule has 98 valence electrons.